The highest BCUT2D eigenvalue weighted by molar-refractivity contribution is 6.09. The van der Waals surface area contributed by atoms with Crippen molar-refractivity contribution in [3.63, 3.8) is 0 Å². The van der Waals surface area contributed by atoms with Crippen LogP contribution in [0.4, 0.5) is 17.1 Å². The van der Waals surface area contributed by atoms with Crippen LogP contribution in [0, 0.1) is 6.92 Å². The van der Waals surface area contributed by atoms with Crippen molar-refractivity contribution in [1.29, 1.82) is 0 Å². The topological polar surface area (TPSA) is 8.17 Å². The summed E-state index contributed by atoms with van der Waals surface area (Å²) in [7, 11) is 0. The Morgan fingerprint density at radius 2 is 0.929 bits per heavy atom. The molecule has 0 unspecified atom stereocenters. The first-order valence-electron chi connectivity index (χ1n) is 20.0. The van der Waals surface area contributed by atoms with Gasteiger partial charge in [0, 0.05) is 38.9 Å². The summed E-state index contributed by atoms with van der Waals surface area (Å²) in [6.45, 7) is 6.89. The molecule has 0 saturated heterocycles. The van der Waals surface area contributed by atoms with E-state index in [-0.39, 0.29) is 5.41 Å². The molecule has 9 aromatic rings. The Morgan fingerprint density at radius 3 is 1.55 bits per heavy atom. The fourth-order valence-corrected chi connectivity index (χ4v) is 9.41. The number of aryl methyl sites for hydroxylation is 1. The number of hydrogen-bond acceptors (Lipinski definition) is 1. The summed E-state index contributed by atoms with van der Waals surface area (Å²) in [5.74, 6) is 0. The van der Waals surface area contributed by atoms with Gasteiger partial charge in [-0.05, 0) is 131 Å². The van der Waals surface area contributed by atoms with Crippen molar-refractivity contribution in [2.45, 2.75) is 39.0 Å². The van der Waals surface area contributed by atoms with E-state index >= 15 is 0 Å². The van der Waals surface area contributed by atoms with Crippen LogP contribution in [0.1, 0.15) is 43.4 Å². The van der Waals surface area contributed by atoms with Gasteiger partial charge in [-0.1, -0.05) is 141 Å². The summed E-state index contributed by atoms with van der Waals surface area (Å²) in [6.07, 6.45) is 2.04. The lowest BCUT2D eigenvalue weighted by molar-refractivity contribution is 0.490. The van der Waals surface area contributed by atoms with E-state index in [2.05, 4.69) is 218 Å². The maximum absolute atomic E-state index is 2.49. The Bertz CT molecular complexity index is 2820. The molecule has 0 atom stereocenters. The standard InChI is InChI=1S/C54H44N2/c1-4-54(5-2)50-35-44(30-32-46(50)47-33-31-45(36-51(47)54)56-52-20-11-9-18-48(52)49-19-10-12-21-53(49)56)55(42-26-22-37(3)23-27-42)43-28-24-39(25-29-43)41-17-13-16-40(34-41)38-14-7-6-8-15-38/h6-36H,4-5H2,1-3H3. The minimum absolute atomic E-state index is 0.109. The van der Waals surface area contributed by atoms with E-state index in [4.69, 9.17) is 0 Å². The molecule has 0 N–H and O–H groups in total. The van der Waals surface area contributed by atoms with Crippen LogP contribution in [0.2, 0.25) is 0 Å². The van der Waals surface area contributed by atoms with Crippen LogP contribution < -0.4 is 4.90 Å². The molecule has 1 heterocycles. The van der Waals surface area contributed by atoms with Crippen LogP contribution >= 0.6 is 0 Å². The Hall–Kier alpha value is -6.64. The van der Waals surface area contributed by atoms with E-state index in [0.717, 1.165) is 24.2 Å². The number of hydrogen-bond donors (Lipinski definition) is 0. The Balaban J connectivity index is 1.07. The smallest absolute Gasteiger partial charge is 0.0541 e. The fraction of sp³-hybridized carbons (Fsp3) is 0.111. The average Bonchev–Trinajstić information content (AvgIpc) is 3.74. The van der Waals surface area contributed by atoms with Crippen molar-refractivity contribution in [2.24, 2.45) is 0 Å². The monoisotopic (exact) mass is 720 g/mol. The zero-order valence-electron chi connectivity index (χ0n) is 32.2. The molecule has 1 aromatic heterocycles. The molecule has 1 aliphatic carbocycles. The van der Waals surface area contributed by atoms with Crippen LogP contribution in [0.25, 0.3) is 60.9 Å². The van der Waals surface area contributed by atoms with Crippen LogP contribution in [-0.4, -0.2) is 4.57 Å². The van der Waals surface area contributed by atoms with E-state index < -0.39 is 0 Å². The van der Waals surface area contributed by atoms with E-state index in [1.54, 1.807) is 0 Å². The van der Waals surface area contributed by atoms with E-state index in [0.29, 0.717) is 0 Å². The van der Waals surface area contributed by atoms with Crippen LogP contribution in [0.3, 0.4) is 0 Å². The first-order chi connectivity index (χ1) is 27.6. The molecular weight excluding hydrogens is 677 g/mol. The molecule has 56 heavy (non-hydrogen) atoms. The number of aromatic nitrogens is 1. The molecule has 0 spiro atoms. The van der Waals surface area contributed by atoms with Crippen LogP contribution in [0.5, 0.6) is 0 Å². The van der Waals surface area contributed by atoms with Crippen molar-refractivity contribution in [3.05, 3.63) is 205 Å². The zero-order chi connectivity index (χ0) is 37.8. The average molecular weight is 721 g/mol. The lowest BCUT2D eigenvalue weighted by Crippen LogP contribution is -2.23. The summed E-state index contributed by atoms with van der Waals surface area (Å²) in [6, 6.07) is 69.5. The Morgan fingerprint density at radius 1 is 0.429 bits per heavy atom. The number of para-hydroxylation sites is 2. The molecule has 0 bridgehead atoms. The van der Waals surface area contributed by atoms with Gasteiger partial charge in [0.05, 0.1) is 11.0 Å². The first kappa shape index (κ1) is 33.9. The van der Waals surface area contributed by atoms with Gasteiger partial charge in [-0.2, -0.15) is 0 Å². The van der Waals surface area contributed by atoms with Crippen molar-refractivity contribution >= 4 is 38.9 Å². The second-order valence-electron chi connectivity index (χ2n) is 15.3. The van der Waals surface area contributed by atoms with Crippen molar-refractivity contribution in [3.8, 4) is 39.1 Å². The Kier molecular flexibility index (Phi) is 8.22. The number of benzene rings is 8. The normalized spacial score (nSPS) is 12.8. The number of anilines is 3. The first-order valence-corrected chi connectivity index (χ1v) is 20.0. The molecule has 8 aromatic carbocycles. The molecule has 0 fully saturated rings. The maximum Gasteiger partial charge on any atom is 0.0541 e. The summed E-state index contributed by atoms with van der Waals surface area (Å²) in [5.41, 5.74) is 18.7. The van der Waals surface area contributed by atoms with Gasteiger partial charge in [0.15, 0.2) is 0 Å². The predicted molar refractivity (Wildman–Crippen MR) is 238 cm³/mol. The molecule has 2 nitrogen and oxygen atoms in total. The third-order valence-electron chi connectivity index (χ3n) is 12.4. The molecule has 0 radical (unpaired) electrons. The van der Waals surface area contributed by atoms with Gasteiger partial charge in [0.25, 0.3) is 0 Å². The second kappa shape index (κ2) is 13.6. The van der Waals surface area contributed by atoms with E-state index in [1.165, 1.54) is 83.3 Å². The maximum atomic E-state index is 2.49. The van der Waals surface area contributed by atoms with Gasteiger partial charge in [0.2, 0.25) is 0 Å². The third kappa shape index (κ3) is 5.39. The van der Waals surface area contributed by atoms with Crippen molar-refractivity contribution in [2.75, 3.05) is 4.90 Å². The number of fused-ring (bicyclic) bond motifs is 6. The molecule has 0 amide bonds. The van der Waals surface area contributed by atoms with Gasteiger partial charge in [-0.15, -0.1) is 0 Å². The molecule has 0 saturated carbocycles. The highest BCUT2D eigenvalue weighted by Crippen LogP contribution is 2.55. The highest BCUT2D eigenvalue weighted by Gasteiger charge is 2.41. The molecule has 1 aliphatic rings. The predicted octanol–water partition coefficient (Wildman–Crippen LogP) is 15.0. The van der Waals surface area contributed by atoms with Crippen LogP contribution in [0.15, 0.2) is 188 Å². The summed E-state index contributed by atoms with van der Waals surface area (Å²) < 4.78 is 2.45. The van der Waals surface area contributed by atoms with Crippen molar-refractivity contribution in [1.82, 2.24) is 4.57 Å². The lowest BCUT2D eigenvalue weighted by atomic mass is 9.73. The fourth-order valence-electron chi connectivity index (χ4n) is 9.41. The van der Waals surface area contributed by atoms with Gasteiger partial charge in [-0.25, -0.2) is 0 Å². The van der Waals surface area contributed by atoms with Gasteiger partial charge in [-0.3, -0.25) is 0 Å². The van der Waals surface area contributed by atoms with Gasteiger partial charge in [0.1, 0.15) is 0 Å². The molecule has 270 valence electrons. The summed E-state index contributed by atoms with van der Waals surface area (Å²) in [4.78, 5) is 2.42. The minimum Gasteiger partial charge on any atom is -0.310 e. The molecule has 2 heteroatoms. The number of rotatable bonds is 8. The highest BCUT2D eigenvalue weighted by atomic mass is 15.1. The zero-order valence-corrected chi connectivity index (χ0v) is 32.2. The second-order valence-corrected chi connectivity index (χ2v) is 15.3. The lowest BCUT2D eigenvalue weighted by Gasteiger charge is -2.32. The summed E-state index contributed by atoms with van der Waals surface area (Å²) in [5, 5.41) is 2.58. The molecule has 10 rings (SSSR count). The van der Waals surface area contributed by atoms with Gasteiger partial charge >= 0.3 is 0 Å². The quantitative estimate of drug-likeness (QED) is 0.152. The largest absolute Gasteiger partial charge is 0.310 e. The van der Waals surface area contributed by atoms with Crippen LogP contribution in [-0.2, 0) is 5.41 Å². The SMILES string of the molecule is CCC1(CC)c2cc(N(c3ccc(C)cc3)c3ccc(-c4cccc(-c5ccccc5)c4)cc3)ccc2-c2ccc(-n3c4ccccc4c4ccccc43)cc21. The van der Waals surface area contributed by atoms with E-state index in [9.17, 15) is 0 Å². The molecular formula is C54H44N2. The van der Waals surface area contributed by atoms with E-state index in [1.807, 2.05) is 0 Å². The Labute approximate surface area is 330 Å². The van der Waals surface area contributed by atoms with Crippen molar-refractivity contribution < 1.29 is 0 Å². The molecule has 0 aliphatic heterocycles. The third-order valence-corrected chi connectivity index (χ3v) is 12.4. The summed E-state index contributed by atoms with van der Waals surface area (Å²) >= 11 is 0. The minimum atomic E-state index is -0.109. The van der Waals surface area contributed by atoms with Gasteiger partial charge < -0.3 is 9.47 Å². The number of nitrogens with zero attached hydrogens (tertiary/aromatic N) is 2.